The van der Waals surface area contributed by atoms with Gasteiger partial charge in [0.1, 0.15) is 4.90 Å². The standard InChI is InChI=1S/C25H22ClN3O3S/c1-2-21(17-9-4-3-5-10-17)28-25(30)19-13-7-14-20(26)24(19)29-33(31,32)22-15-6-11-18-12-8-16-27-23(18)22/h3-16,21,29H,2H2,1H3,(H,28,30)/t21-/m0/s1. The monoisotopic (exact) mass is 479 g/mol. The van der Waals surface area contributed by atoms with Crippen LogP contribution in [-0.2, 0) is 10.0 Å². The first-order valence-corrected chi connectivity index (χ1v) is 12.3. The molecule has 0 fully saturated rings. The van der Waals surface area contributed by atoms with Gasteiger partial charge in [-0.2, -0.15) is 0 Å². The minimum absolute atomic E-state index is 0.00241. The van der Waals surface area contributed by atoms with Crippen molar-refractivity contribution in [2.24, 2.45) is 0 Å². The molecule has 0 bridgehead atoms. The van der Waals surface area contributed by atoms with Crippen molar-refractivity contribution < 1.29 is 13.2 Å². The summed E-state index contributed by atoms with van der Waals surface area (Å²) in [5, 5.41) is 3.78. The number of amides is 1. The Kier molecular flexibility index (Phi) is 6.62. The van der Waals surface area contributed by atoms with Gasteiger partial charge in [0.15, 0.2) is 0 Å². The minimum atomic E-state index is -4.08. The van der Waals surface area contributed by atoms with Gasteiger partial charge in [-0.1, -0.05) is 73.1 Å². The highest BCUT2D eigenvalue weighted by Gasteiger charge is 2.24. The van der Waals surface area contributed by atoms with Crippen LogP contribution in [0.4, 0.5) is 5.69 Å². The Hall–Kier alpha value is -3.42. The molecule has 4 aromatic rings. The van der Waals surface area contributed by atoms with Crippen molar-refractivity contribution in [3.63, 3.8) is 0 Å². The van der Waals surface area contributed by atoms with Crippen molar-refractivity contribution >= 4 is 44.1 Å². The van der Waals surface area contributed by atoms with Crippen molar-refractivity contribution in [1.29, 1.82) is 0 Å². The molecule has 0 spiro atoms. The summed E-state index contributed by atoms with van der Waals surface area (Å²) in [4.78, 5) is 17.4. The number of carbonyl (C=O) groups excluding carboxylic acids is 1. The Morgan fingerprint density at radius 1 is 0.970 bits per heavy atom. The largest absolute Gasteiger partial charge is 0.345 e. The van der Waals surface area contributed by atoms with Gasteiger partial charge in [-0.25, -0.2) is 8.42 Å². The van der Waals surface area contributed by atoms with Gasteiger partial charge in [0.25, 0.3) is 15.9 Å². The number of hydrogen-bond acceptors (Lipinski definition) is 4. The topological polar surface area (TPSA) is 88.2 Å². The summed E-state index contributed by atoms with van der Waals surface area (Å²) in [6.45, 7) is 1.97. The average Bonchev–Trinajstić information content (AvgIpc) is 2.83. The molecule has 0 unspecified atom stereocenters. The van der Waals surface area contributed by atoms with E-state index in [1.807, 2.05) is 37.3 Å². The third-order valence-electron chi connectivity index (χ3n) is 5.30. The maximum Gasteiger partial charge on any atom is 0.264 e. The van der Waals surface area contributed by atoms with E-state index in [1.54, 1.807) is 30.3 Å². The maximum absolute atomic E-state index is 13.3. The Bertz CT molecular complexity index is 1400. The second-order valence-electron chi connectivity index (χ2n) is 7.44. The number of halogens is 1. The number of fused-ring (bicyclic) bond motifs is 1. The molecule has 1 heterocycles. The second kappa shape index (κ2) is 9.60. The number of hydrogen-bond donors (Lipinski definition) is 2. The fraction of sp³-hybridized carbons (Fsp3) is 0.120. The van der Waals surface area contributed by atoms with E-state index in [2.05, 4.69) is 15.0 Å². The molecular formula is C25H22ClN3O3S. The molecule has 1 aromatic heterocycles. The predicted octanol–water partition coefficient (Wildman–Crippen LogP) is 5.57. The fourth-order valence-corrected chi connectivity index (χ4v) is 5.20. The number of aromatic nitrogens is 1. The molecule has 3 aromatic carbocycles. The lowest BCUT2D eigenvalue weighted by Crippen LogP contribution is -2.29. The summed E-state index contributed by atoms with van der Waals surface area (Å²) in [7, 11) is -4.08. The predicted molar refractivity (Wildman–Crippen MR) is 131 cm³/mol. The van der Waals surface area contributed by atoms with Crippen LogP contribution in [-0.4, -0.2) is 19.3 Å². The Labute approximate surface area is 197 Å². The van der Waals surface area contributed by atoms with Gasteiger partial charge in [-0.3, -0.25) is 14.5 Å². The van der Waals surface area contributed by atoms with Gasteiger partial charge >= 0.3 is 0 Å². The van der Waals surface area contributed by atoms with Gasteiger partial charge in [0.05, 0.1) is 27.8 Å². The zero-order valence-electron chi connectivity index (χ0n) is 17.8. The molecule has 8 heteroatoms. The normalized spacial score (nSPS) is 12.3. The molecule has 0 aliphatic rings. The zero-order chi connectivity index (χ0) is 23.4. The lowest BCUT2D eigenvalue weighted by molar-refractivity contribution is 0.0936. The summed E-state index contributed by atoms with van der Waals surface area (Å²) in [6, 6.07) is 22.4. The van der Waals surface area contributed by atoms with Gasteiger partial charge in [0.2, 0.25) is 0 Å². The van der Waals surface area contributed by atoms with Crippen LogP contribution in [0.25, 0.3) is 10.9 Å². The first kappa shape index (κ1) is 22.8. The summed E-state index contributed by atoms with van der Waals surface area (Å²) >= 11 is 6.35. The SMILES string of the molecule is CC[C@H](NC(=O)c1cccc(Cl)c1NS(=O)(=O)c1cccc2cccnc12)c1ccccc1. The van der Waals surface area contributed by atoms with E-state index in [0.717, 1.165) is 5.56 Å². The van der Waals surface area contributed by atoms with Gasteiger partial charge in [-0.05, 0) is 36.2 Å². The van der Waals surface area contributed by atoms with E-state index < -0.39 is 15.9 Å². The lowest BCUT2D eigenvalue weighted by atomic mass is 10.0. The number of para-hydroxylation sites is 2. The number of benzene rings is 3. The van der Waals surface area contributed by atoms with Gasteiger partial charge < -0.3 is 5.32 Å². The molecule has 0 saturated carbocycles. The van der Waals surface area contributed by atoms with Crippen LogP contribution in [0.3, 0.4) is 0 Å². The van der Waals surface area contributed by atoms with Crippen molar-refractivity contribution in [2.45, 2.75) is 24.3 Å². The van der Waals surface area contributed by atoms with Crippen molar-refractivity contribution in [1.82, 2.24) is 10.3 Å². The van der Waals surface area contributed by atoms with Crippen LogP contribution in [0.1, 0.15) is 35.3 Å². The quantitative estimate of drug-likeness (QED) is 0.362. The minimum Gasteiger partial charge on any atom is -0.345 e. The molecule has 0 saturated heterocycles. The number of carbonyl (C=O) groups is 1. The molecule has 0 aliphatic carbocycles. The second-order valence-corrected chi connectivity index (χ2v) is 9.50. The molecule has 1 atom stereocenters. The zero-order valence-corrected chi connectivity index (χ0v) is 19.4. The van der Waals surface area contributed by atoms with Gasteiger partial charge in [0, 0.05) is 11.6 Å². The highest BCUT2D eigenvalue weighted by Crippen LogP contribution is 2.31. The number of pyridine rings is 1. The summed E-state index contributed by atoms with van der Waals surface area (Å²) < 4.78 is 29.1. The van der Waals surface area contributed by atoms with Crippen molar-refractivity contribution in [3.05, 3.63) is 101 Å². The molecule has 0 radical (unpaired) electrons. The summed E-state index contributed by atoms with van der Waals surface area (Å²) in [5.41, 5.74) is 1.45. The summed E-state index contributed by atoms with van der Waals surface area (Å²) in [6.07, 6.45) is 2.20. The molecule has 1 amide bonds. The van der Waals surface area contributed by atoms with E-state index in [9.17, 15) is 13.2 Å². The van der Waals surface area contributed by atoms with E-state index >= 15 is 0 Å². The van der Waals surface area contributed by atoms with Crippen LogP contribution in [0, 0.1) is 0 Å². The third-order valence-corrected chi connectivity index (χ3v) is 6.99. The van der Waals surface area contributed by atoms with Crippen LogP contribution in [0.15, 0.2) is 90.0 Å². The Balaban J connectivity index is 1.69. The van der Waals surface area contributed by atoms with E-state index in [-0.39, 0.29) is 27.2 Å². The molecule has 33 heavy (non-hydrogen) atoms. The van der Waals surface area contributed by atoms with Crippen molar-refractivity contribution in [3.8, 4) is 0 Å². The molecule has 4 rings (SSSR count). The van der Waals surface area contributed by atoms with E-state index in [4.69, 9.17) is 11.6 Å². The van der Waals surface area contributed by atoms with Crippen LogP contribution in [0.2, 0.25) is 5.02 Å². The lowest BCUT2D eigenvalue weighted by Gasteiger charge is -2.20. The average molecular weight is 480 g/mol. The molecule has 0 aliphatic heterocycles. The number of anilines is 1. The first-order chi connectivity index (χ1) is 15.9. The number of nitrogens with one attached hydrogen (secondary N) is 2. The van der Waals surface area contributed by atoms with Crippen LogP contribution < -0.4 is 10.0 Å². The molecule has 6 nitrogen and oxygen atoms in total. The highest BCUT2D eigenvalue weighted by molar-refractivity contribution is 7.93. The number of sulfonamides is 1. The highest BCUT2D eigenvalue weighted by atomic mass is 35.5. The Morgan fingerprint density at radius 2 is 1.70 bits per heavy atom. The van der Waals surface area contributed by atoms with E-state index in [1.165, 1.54) is 24.4 Å². The molecule has 168 valence electrons. The third kappa shape index (κ3) is 4.84. The summed E-state index contributed by atoms with van der Waals surface area (Å²) in [5.74, 6) is -0.429. The Morgan fingerprint density at radius 3 is 2.45 bits per heavy atom. The maximum atomic E-state index is 13.3. The van der Waals surface area contributed by atoms with E-state index in [0.29, 0.717) is 17.3 Å². The van der Waals surface area contributed by atoms with Crippen LogP contribution in [0.5, 0.6) is 0 Å². The van der Waals surface area contributed by atoms with Gasteiger partial charge in [-0.15, -0.1) is 0 Å². The first-order valence-electron chi connectivity index (χ1n) is 10.4. The number of rotatable bonds is 7. The smallest absolute Gasteiger partial charge is 0.264 e. The molecular weight excluding hydrogens is 458 g/mol. The van der Waals surface area contributed by atoms with Crippen LogP contribution >= 0.6 is 11.6 Å². The van der Waals surface area contributed by atoms with Crippen molar-refractivity contribution in [2.75, 3.05) is 4.72 Å². The molecule has 2 N–H and O–H groups in total. The fourth-order valence-electron chi connectivity index (χ4n) is 3.64. The number of nitrogens with zero attached hydrogens (tertiary/aromatic N) is 1.